The van der Waals surface area contributed by atoms with Crippen LogP contribution in [0.3, 0.4) is 0 Å². The van der Waals surface area contributed by atoms with Crippen LogP contribution in [0.15, 0.2) is 0 Å². The second-order valence-electron chi connectivity index (χ2n) is 5.63. The van der Waals surface area contributed by atoms with Gasteiger partial charge in [-0.15, -0.1) is 0 Å². The Morgan fingerprint density at radius 2 is 1.70 bits per heavy atom. The first-order valence-corrected chi connectivity index (χ1v) is 7.05. The highest BCUT2D eigenvalue weighted by molar-refractivity contribution is 6.19. The fraction of sp³-hybridized carbons (Fsp3) is 0.786. The van der Waals surface area contributed by atoms with Gasteiger partial charge in [-0.05, 0) is 33.6 Å². The molecule has 6 heteroatoms. The Bertz CT molecular complexity index is 413. The van der Waals surface area contributed by atoms with Crippen LogP contribution in [0.4, 0.5) is 4.79 Å². The van der Waals surface area contributed by atoms with Crippen LogP contribution in [-0.4, -0.2) is 41.5 Å². The lowest BCUT2D eigenvalue weighted by molar-refractivity contribution is -0.154. The Kier molecular flexibility index (Phi) is 4.91. The molecular formula is C14H24N2O4. The number of carbonyl (C=O) groups is 3. The van der Waals surface area contributed by atoms with Gasteiger partial charge in [-0.1, -0.05) is 13.8 Å². The van der Waals surface area contributed by atoms with Crippen molar-refractivity contribution < 1.29 is 19.1 Å². The number of ether oxygens (including phenoxy) is 1. The lowest BCUT2D eigenvalue weighted by atomic mass is 9.78. The Morgan fingerprint density at radius 1 is 1.15 bits per heavy atom. The molecule has 1 rings (SSSR count). The first-order chi connectivity index (χ1) is 9.24. The van der Waals surface area contributed by atoms with E-state index in [9.17, 15) is 14.4 Å². The zero-order chi connectivity index (χ0) is 15.6. The number of barbiturate groups is 1. The second kappa shape index (κ2) is 5.91. The summed E-state index contributed by atoms with van der Waals surface area (Å²) in [7, 11) is 0. The molecule has 114 valence electrons. The predicted octanol–water partition coefficient (Wildman–Crippen LogP) is 1.69. The van der Waals surface area contributed by atoms with E-state index in [0.29, 0.717) is 19.4 Å². The van der Waals surface area contributed by atoms with Gasteiger partial charge in [0, 0.05) is 6.61 Å². The number of hydrogen-bond donors (Lipinski definition) is 1. The lowest BCUT2D eigenvalue weighted by Gasteiger charge is -2.41. The number of carbonyl (C=O) groups excluding carboxylic acids is 3. The molecule has 0 aliphatic carbocycles. The molecule has 1 heterocycles. The summed E-state index contributed by atoms with van der Waals surface area (Å²) < 4.78 is 5.53. The van der Waals surface area contributed by atoms with E-state index in [1.165, 1.54) is 0 Å². The molecule has 4 amide bonds. The van der Waals surface area contributed by atoms with Gasteiger partial charge in [0.2, 0.25) is 11.8 Å². The molecule has 1 saturated heterocycles. The maximum absolute atomic E-state index is 12.6. The Labute approximate surface area is 119 Å². The van der Waals surface area contributed by atoms with Crippen LogP contribution in [0.25, 0.3) is 0 Å². The van der Waals surface area contributed by atoms with E-state index in [0.717, 1.165) is 4.90 Å². The van der Waals surface area contributed by atoms with Crippen molar-refractivity contribution in [3.05, 3.63) is 0 Å². The fourth-order valence-electron chi connectivity index (χ4n) is 2.57. The molecule has 0 aromatic rings. The fourth-order valence-corrected chi connectivity index (χ4v) is 2.57. The van der Waals surface area contributed by atoms with Crippen molar-refractivity contribution in [2.75, 3.05) is 13.2 Å². The molecule has 0 radical (unpaired) electrons. The van der Waals surface area contributed by atoms with Crippen molar-refractivity contribution in [2.45, 2.75) is 53.1 Å². The predicted molar refractivity (Wildman–Crippen MR) is 74.0 cm³/mol. The summed E-state index contributed by atoms with van der Waals surface area (Å²) in [6.07, 6.45) is 0.736. The normalized spacial score (nSPS) is 19.2. The van der Waals surface area contributed by atoms with Gasteiger partial charge in [0.25, 0.3) is 0 Å². The molecule has 1 aliphatic heterocycles. The van der Waals surface area contributed by atoms with Crippen molar-refractivity contribution in [1.82, 2.24) is 10.2 Å². The average Bonchev–Trinajstić information content (AvgIpc) is 2.36. The zero-order valence-corrected chi connectivity index (χ0v) is 12.9. The maximum Gasteiger partial charge on any atom is 0.330 e. The highest BCUT2D eigenvalue weighted by atomic mass is 16.5. The average molecular weight is 284 g/mol. The molecule has 0 saturated carbocycles. The molecule has 1 N–H and O–H groups in total. The smallest absolute Gasteiger partial charge is 0.330 e. The van der Waals surface area contributed by atoms with Crippen LogP contribution in [0.5, 0.6) is 0 Å². The van der Waals surface area contributed by atoms with E-state index in [-0.39, 0.29) is 6.54 Å². The van der Waals surface area contributed by atoms with Gasteiger partial charge in [-0.3, -0.25) is 19.8 Å². The van der Waals surface area contributed by atoms with E-state index in [2.05, 4.69) is 5.32 Å². The van der Waals surface area contributed by atoms with Gasteiger partial charge in [-0.2, -0.15) is 0 Å². The minimum Gasteiger partial charge on any atom is -0.374 e. The Balaban J connectivity index is 3.05. The number of amides is 4. The minimum absolute atomic E-state index is 0.126. The van der Waals surface area contributed by atoms with Crippen LogP contribution in [0, 0.1) is 5.41 Å². The van der Waals surface area contributed by atoms with Crippen molar-refractivity contribution in [3.63, 3.8) is 0 Å². The van der Waals surface area contributed by atoms with Crippen LogP contribution in [-0.2, 0) is 14.3 Å². The first kappa shape index (κ1) is 16.6. The summed E-state index contributed by atoms with van der Waals surface area (Å²) in [5.41, 5.74) is -1.79. The maximum atomic E-state index is 12.6. The third-order valence-electron chi connectivity index (χ3n) is 3.84. The van der Waals surface area contributed by atoms with Gasteiger partial charge in [0.05, 0.1) is 12.1 Å². The van der Waals surface area contributed by atoms with E-state index < -0.39 is 28.9 Å². The molecule has 1 aliphatic rings. The monoisotopic (exact) mass is 284 g/mol. The van der Waals surface area contributed by atoms with E-state index >= 15 is 0 Å². The van der Waals surface area contributed by atoms with E-state index in [4.69, 9.17) is 4.74 Å². The molecule has 0 atom stereocenters. The van der Waals surface area contributed by atoms with Gasteiger partial charge in [0.1, 0.15) is 5.41 Å². The summed E-state index contributed by atoms with van der Waals surface area (Å²) in [6, 6.07) is -0.662. The van der Waals surface area contributed by atoms with Gasteiger partial charge in [-0.25, -0.2) is 4.79 Å². The lowest BCUT2D eigenvalue weighted by Crippen LogP contribution is -2.65. The molecule has 6 nitrogen and oxygen atoms in total. The molecule has 20 heavy (non-hydrogen) atoms. The topological polar surface area (TPSA) is 75.7 Å². The third-order valence-corrected chi connectivity index (χ3v) is 3.84. The molecule has 0 spiro atoms. The van der Waals surface area contributed by atoms with Gasteiger partial charge >= 0.3 is 6.03 Å². The standard InChI is InChI=1S/C14H24N2O4/c1-6-14(7-2)10(17)15-12(19)16(11(14)18)9-13(4,5)20-8-3/h6-9H2,1-5H3,(H,15,17,19). The number of rotatable bonds is 6. The summed E-state index contributed by atoms with van der Waals surface area (Å²) >= 11 is 0. The van der Waals surface area contributed by atoms with E-state index in [1.54, 1.807) is 13.8 Å². The molecule has 1 fully saturated rings. The quantitative estimate of drug-likeness (QED) is 0.753. The first-order valence-electron chi connectivity index (χ1n) is 7.05. The number of imide groups is 2. The van der Waals surface area contributed by atoms with Crippen molar-refractivity contribution in [2.24, 2.45) is 5.41 Å². The largest absolute Gasteiger partial charge is 0.374 e. The summed E-state index contributed by atoms with van der Waals surface area (Å²) in [5, 5.41) is 2.29. The number of nitrogens with zero attached hydrogens (tertiary/aromatic N) is 1. The van der Waals surface area contributed by atoms with Crippen molar-refractivity contribution >= 4 is 17.8 Å². The molecular weight excluding hydrogens is 260 g/mol. The highest BCUT2D eigenvalue weighted by Crippen LogP contribution is 2.33. The number of nitrogens with one attached hydrogen (secondary N) is 1. The summed E-state index contributed by atoms with van der Waals surface area (Å²) in [5.74, 6) is -0.924. The van der Waals surface area contributed by atoms with Crippen LogP contribution >= 0.6 is 0 Å². The summed E-state index contributed by atoms with van der Waals surface area (Å²) in [6.45, 7) is 9.65. The number of hydrogen-bond acceptors (Lipinski definition) is 4. The molecule has 0 aromatic heterocycles. The molecule has 0 bridgehead atoms. The third kappa shape index (κ3) is 2.85. The minimum atomic E-state index is -1.14. The SMILES string of the molecule is CCOC(C)(C)CN1C(=O)NC(=O)C(CC)(CC)C1=O. The Hall–Kier alpha value is -1.43. The van der Waals surface area contributed by atoms with Gasteiger partial charge in [0.15, 0.2) is 0 Å². The highest BCUT2D eigenvalue weighted by Gasteiger charge is 2.52. The molecule has 0 aromatic carbocycles. The zero-order valence-electron chi connectivity index (χ0n) is 12.9. The summed E-state index contributed by atoms with van der Waals surface area (Å²) in [4.78, 5) is 37.7. The number of urea groups is 1. The Morgan fingerprint density at radius 3 is 2.15 bits per heavy atom. The van der Waals surface area contributed by atoms with Gasteiger partial charge < -0.3 is 4.74 Å². The van der Waals surface area contributed by atoms with Crippen LogP contribution in [0.2, 0.25) is 0 Å². The van der Waals surface area contributed by atoms with Crippen LogP contribution < -0.4 is 5.32 Å². The van der Waals surface area contributed by atoms with E-state index in [1.807, 2.05) is 20.8 Å². The second-order valence-corrected chi connectivity index (χ2v) is 5.63. The van der Waals surface area contributed by atoms with Crippen molar-refractivity contribution in [3.8, 4) is 0 Å². The van der Waals surface area contributed by atoms with Crippen LogP contribution in [0.1, 0.15) is 47.5 Å². The van der Waals surface area contributed by atoms with Crippen molar-refractivity contribution in [1.29, 1.82) is 0 Å². The molecule has 0 unspecified atom stereocenters.